The largest absolute Gasteiger partial charge is 0.383 e. The van der Waals surface area contributed by atoms with Gasteiger partial charge in [0, 0.05) is 25.2 Å². The van der Waals surface area contributed by atoms with E-state index in [2.05, 4.69) is 44.1 Å². The molecule has 104 valence electrons. The quantitative estimate of drug-likeness (QED) is 0.783. The topological polar surface area (TPSA) is 48.3 Å². The third-order valence-electron chi connectivity index (χ3n) is 3.95. The molecule has 1 N–H and O–H groups in total. The Balaban J connectivity index is 2.61. The molecule has 0 radical (unpaired) electrons. The summed E-state index contributed by atoms with van der Waals surface area (Å²) >= 11 is 0. The third-order valence-corrected chi connectivity index (χ3v) is 3.95. The third kappa shape index (κ3) is 3.68. The van der Waals surface area contributed by atoms with E-state index >= 15 is 0 Å². The maximum atomic E-state index is 9.45. The summed E-state index contributed by atoms with van der Waals surface area (Å²) in [5.74, 6) is 0. The molecule has 0 saturated heterocycles. The van der Waals surface area contributed by atoms with Crippen molar-refractivity contribution in [3.05, 3.63) is 0 Å². The molecule has 18 heavy (non-hydrogen) atoms. The summed E-state index contributed by atoms with van der Waals surface area (Å²) in [7, 11) is 3.87. The monoisotopic (exact) mass is 253 g/mol. The van der Waals surface area contributed by atoms with Crippen LogP contribution in [0.15, 0.2) is 0 Å². The number of nitriles is 1. The number of methoxy groups -OCH3 is 1. The van der Waals surface area contributed by atoms with Crippen molar-refractivity contribution in [2.24, 2.45) is 0 Å². The van der Waals surface area contributed by atoms with Gasteiger partial charge in [-0.2, -0.15) is 5.26 Å². The van der Waals surface area contributed by atoms with E-state index in [0.717, 1.165) is 25.9 Å². The van der Waals surface area contributed by atoms with E-state index in [-0.39, 0.29) is 5.54 Å². The molecule has 1 aliphatic rings. The lowest BCUT2D eigenvalue weighted by Gasteiger charge is -2.32. The lowest BCUT2D eigenvalue weighted by molar-refractivity contribution is 0.0888. The molecule has 1 aliphatic carbocycles. The number of hydrogen-bond acceptors (Lipinski definition) is 4. The molecule has 0 aromatic rings. The van der Waals surface area contributed by atoms with Crippen LogP contribution >= 0.6 is 0 Å². The van der Waals surface area contributed by atoms with Crippen LogP contribution in [0.25, 0.3) is 0 Å². The van der Waals surface area contributed by atoms with Crippen molar-refractivity contribution in [2.45, 2.75) is 63.7 Å². The molecule has 3 atom stereocenters. The molecule has 1 saturated carbocycles. The molecular formula is C14H27N3O. The molecule has 0 aromatic carbocycles. The Morgan fingerprint density at radius 3 is 2.67 bits per heavy atom. The average Bonchev–Trinajstić information content (AvgIpc) is 2.72. The molecule has 0 bridgehead atoms. The van der Waals surface area contributed by atoms with Crippen molar-refractivity contribution >= 4 is 0 Å². The molecule has 0 heterocycles. The first-order valence-corrected chi connectivity index (χ1v) is 6.84. The van der Waals surface area contributed by atoms with Crippen molar-refractivity contribution in [3.8, 4) is 6.07 Å². The molecule has 4 nitrogen and oxygen atoms in total. The first-order chi connectivity index (χ1) is 8.44. The minimum atomic E-state index is -0.333. The van der Waals surface area contributed by atoms with Gasteiger partial charge in [-0.15, -0.1) is 0 Å². The lowest BCUT2D eigenvalue weighted by Crippen LogP contribution is -2.48. The van der Waals surface area contributed by atoms with Crippen LogP contribution in [0.5, 0.6) is 0 Å². The van der Waals surface area contributed by atoms with Gasteiger partial charge in [0.1, 0.15) is 5.54 Å². The first kappa shape index (κ1) is 15.4. The lowest BCUT2D eigenvalue weighted by atomic mass is 9.98. The molecule has 0 aliphatic heterocycles. The van der Waals surface area contributed by atoms with E-state index in [1.54, 1.807) is 7.11 Å². The first-order valence-electron chi connectivity index (χ1n) is 6.84. The van der Waals surface area contributed by atoms with Crippen molar-refractivity contribution in [2.75, 3.05) is 20.8 Å². The van der Waals surface area contributed by atoms with Crippen molar-refractivity contribution < 1.29 is 4.74 Å². The molecule has 4 heteroatoms. The summed E-state index contributed by atoms with van der Waals surface area (Å²) in [6, 6.07) is 3.72. The predicted molar refractivity (Wildman–Crippen MR) is 73.4 cm³/mol. The summed E-state index contributed by atoms with van der Waals surface area (Å²) in [6.45, 7) is 7.11. The minimum Gasteiger partial charge on any atom is -0.383 e. The van der Waals surface area contributed by atoms with Crippen molar-refractivity contribution in [1.82, 2.24) is 10.2 Å². The van der Waals surface area contributed by atoms with Gasteiger partial charge in [0.15, 0.2) is 0 Å². The second kappa shape index (κ2) is 6.51. The zero-order valence-corrected chi connectivity index (χ0v) is 12.4. The molecule has 0 spiro atoms. The van der Waals surface area contributed by atoms with Gasteiger partial charge < -0.3 is 4.74 Å². The number of likely N-dealkylation sites (N-methyl/N-ethyl adjacent to an activating group) is 1. The fourth-order valence-electron chi connectivity index (χ4n) is 2.90. The van der Waals surface area contributed by atoms with Crippen LogP contribution in [0.2, 0.25) is 0 Å². The van der Waals surface area contributed by atoms with Crippen LogP contribution in [-0.2, 0) is 4.74 Å². The van der Waals surface area contributed by atoms with E-state index in [1.807, 2.05) is 0 Å². The number of nitrogens with one attached hydrogen (secondary N) is 1. The second-order valence-electron chi connectivity index (χ2n) is 5.86. The highest BCUT2D eigenvalue weighted by molar-refractivity contribution is 5.14. The number of rotatable bonds is 6. The normalized spacial score (nSPS) is 29.8. The fourth-order valence-corrected chi connectivity index (χ4v) is 2.90. The van der Waals surface area contributed by atoms with Gasteiger partial charge in [-0.1, -0.05) is 0 Å². The molecule has 3 unspecified atom stereocenters. The average molecular weight is 253 g/mol. The number of ether oxygens (including phenoxy) is 1. The van der Waals surface area contributed by atoms with Gasteiger partial charge in [0.2, 0.25) is 0 Å². The number of hydrogen-bond donors (Lipinski definition) is 1. The maximum absolute atomic E-state index is 9.45. The maximum Gasteiger partial charge on any atom is 0.108 e. The second-order valence-corrected chi connectivity index (χ2v) is 5.86. The molecule has 1 rings (SSSR count). The molecule has 0 amide bonds. The Kier molecular flexibility index (Phi) is 5.58. The van der Waals surface area contributed by atoms with E-state index in [0.29, 0.717) is 18.1 Å². The number of nitrogens with zero attached hydrogens (tertiary/aromatic N) is 2. The van der Waals surface area contributed by atoms with Crippen molar-refractivity contribution in [3.63, 3.8) is 0 Å². The van der Waals surface area contributed by atoms with Gasteiger partial charge in [-0.3, -0.25) is 10.2 Å². The van der Waals surface area contributed by atoms with E-state index in [9.17, 15) is 5.26 Å². The van der Waals surface area contributed by atoms with Gasteiger partial charge in [-0.25, -0.2) is 0 Å². The molecule has 0 aromatic heterocycles. The van der Waals surface area contributed by atoms with E-state index in [4.69, 9.17) is 4.74 Å². The van der Waals surface area contributed by atoms with Crippen LogP contribution < -0.4 is 5.32 Å². The Morgan fingerprint density at radius 1 is 1.50 bits per heavy atom. The Hall–Kier alpha value is -0.630. The highest BCUT2D eigenvalue weighted by Crippen LogP contribution is 2.33. The Bertz CT molecular complexity index is 300. The van der Waals surface area contributed by atoms with E-state index < -0.39 is 0 Å². The summed E-state index contributed by atoms with van der Waals surface area (Å²) in [6.07, 6.45) is 2.93. The smallest absolute Gasteiger partial charge is 0.108 e. The molecule has 1 fully saturated rings. The zero-order valence-electron chi connectivity index (χ0n) is 12.4. The van der Waals surface area contributed by atoms with Crippen LogP contribution in [-0.4, -0.2) is 49.3 Å². The Labute approximate surface area is 111 Å². The summed E-state index contributed by atoms with van der Waals surface area (Å²) in [5.41, 5.74) is -0.333. The fraction of sp³-hybridized carbons (Fsp3) is 0.929. The van der Waals surface area contributed by atoms with Gasteiger partial charge in [0.05, 0.1) is 12.7 Å². The molecular weight excluding hydrogens is 226 g/mol. The predicted octanol–water partition coefficient (Wildman–Crippen LogP) is 1.77. The summed E-state index contributed by atoms with van der Waals surface area (Å²) in [5, 5.41) is 12.9. The Morgan fingerprint density at radius 2 is 2.17 bits per heavy atom. The van der Waals surface area contributed by atoms with Crippen LogP contribution in [0.3, 0.4) is 0 Å². The summed E-state index contributed by atoms with van der Waals surface area (Å²) in [4.78, 5) is 2.35. The van der Waals surface area contributed by atoms with Crippen LogP contribution in [0.1, 0.15) is 40.0 Å². The van der Waals surface area contributed by atoms with Gasteiger partial charge in [0.25, 0.3) is 0 Å². The highest BCUT2D eigenvalue weighted by Gasteiger charge is 2.41. The van der Waals surface area contributed by atoms with Crippen LogP contribution in [0, 0.1) is 11.3 Å². The SMILES string of the molecule is COCC(C)N(C)C1CCC(C#N)(NC(C)C)C1. The highest BCUT2D eigenvalue weighted by atomic mass is 16.5. The van der Waals surface area contributed by atoms with E-state index in [1.165, 1.54) is 0 Å². The zero-order chi connectivity index (χ0) is 13.8. The van der Waals surface area contributed by atoms with Crippen LogP contribution in [0.4, 0.5) is 0 Å². The standard InChI is InChI=1S/C14H27N3O/c1-11(2)16-14(10-15)7-6-13(8-14)17(4)12(3)9-18-5/h11-13,16H,6-9H2,1-5H3. The van der Waals surface area contributed by atoms with Gasteiger partial charge >= 0.3 is 0 Å². The van der Waals surface area contributed by atoms with Crippen molar-refractivity contribution in [1.29, 1.82) is 5.26 Å². The van der Waals surface area contributed by atoms with Gasteiger partial charge in [-0.05, 0) is 47.1 Å². The summed E-state index contributed by atoms with van der Waals surface area (Å²) < 4.78 is 5.20. The minimum absolute atomic E-state index is 0.333.